The number of hydrogen-bond donors (Lipinski definition) is 4. The molecule has 1 saturated heterocycles. The first-order valence-electron chi connectivity index (χ1n) is 8.44. The fourth-order valence-corrected chi connectivity index (χ4v) is 6.41. The van der Waals surface area contributed by atoms with E-state index in [-0.39, 0.29) is 12.0 Å². The normalized spacial score (nSPS) is 25.1. The molecule has 3 radical (unpaired) electrons. The third-order valence-corrected chi connectivity index (χ3v) is 9.42. The summed E-state index contributed by atoms with van der Waals surface area (Å²) in [6.45, 7) is 0.435. The molecule has 1 aromatic heterocycles. The van der Waals surface area contributed by atoms with E-state index in [1.54, 1.807) is 0 Å². The van der Waals surface area contributed by atoms with Crippen LogP contribution in [0.5, 0.6) is 0 Å². The van der Waals surface area contributed by atoms with E-state index in [2.05, 4.69) is 18.9 Å². The summed E-state index contributed by atoms with van der Waals surface area (Å²) >= 11 is 0. The van der Waals surface area contributed by atoms with Crippen molar-refractivity contribution in [1.82, 2.24) is 9.55 Å². The number of nitrogens with one attached hydrogen (secondary N) is 1. The van der Waals surface area contributed by atoms with E-state index in [0.29, 0.717) is 0 Å². The minimum absolute atomic E-state index is 0.128. The van der Waals surface area contributed by atoms with Gasteiger partial charge in [0.1, 0.15) is 6.23 Å². The maximum Gasteiger partial charge on any atom is 0.444 e. The molecule has 0 aromatic carbocycles. The molecule has 2 rings (SSSR count). The average molecular weight is 535 g/mol. The molecular formula is C11H15BF2N5O11P3-. The van der Waals surface area contributed by atoms with Gasteiger partial charge in [0.05, 0.1) is 26.2 Å². The van der Waals surface area contributed by atoms with Gasteiger partial charge in [-0.25, -0.2) is 4.79 Å². The van der Waals surface area contributed by atoms with Crippen molar-refractivity contribution >= 4 is 30.2 Å². The third-order valence-electron chi connectivity index (χ3n) is 4.19. The van der Waals surface area contributed by atoms with Crippen molar-refractivity contribution in [3.05, 3.63) is 43.0 Å². The topological polar surface area (TPSA) is 243 Å². The van der Waals surface area contributed by atoms with Gasteiger partial charge in [0, 0.05) is 23.1 Å². The number of aromatic amines is 1. The maximum atomic E-state index is 13.5. The van der Waals surface area contributed by atoms with Crippen LogP contribution in [-0.4, -0.2) is 56.0 Å². The number of ether oxygens (including phenoxy) is 1. The first kappa shape index (κ1) is 27.6. The van der Waals surface area contributed by atoms with Gasteiger partial charge in [-0.1, -0.05) is 5.11 Å². The highest BCUT2D eigenvalue weighted by molar-refractivity contribution is 7.86. The van der Waals surface area contributed by atoms with Crippen molar-refractivity contribution in [2.24, 2.45) is 5.11 Å². The van der Waals surface area contributed by atoms with E-state index in [4.69, 9.17) is 27.6 Å². The fourth-order valence-electron chi connectivity index (χ4n) is 2.59. The molecule has 4 N–H and O–H groups in total. The van der Waals surface area contributed by atoms with Gasteiger partial charge in [-0.2, -0.15) is 8.78 Å². The number of hydrogen-bond acceptors (Lipinski definition) is 9. The lowest BCUT2D eigenvalue weighted by atomic mass is 10.1. The second-order valence-electron chi connectivity index (χ2n) is 6.61. The first-order valence-corrected chi connectivity index (χ1v) is 13.2. The second kappa shape index (κ2) is 9.55. The number of alkyl halides is 2. The maximum absolute atomic E-state index is 13.5. The van der Waals surface area contributed by atoms with Crippen molar-refractivity contribution in [2.45, 2.75) is 37.1 Å². The molecule has 1 fully saturated rings. The predicted molar refractivity (Wildman–Crippen MR) is 105 cm³/mol. The van der Waals surface area contributed by atoms with Crippen molar-refractivity contribution in [2.75, 3.05) is 6.61 Å². The monoisotopic (exact) mass is 535 g/mol. The summed E-state index contributed by atoms with van der Waals surface area (Å²) in [5.74, 6) is 0. The molecule has 0 saturated carbocycles. The van der Waals surface area contributed by atoms with E-state index < -0.39 is 64.3 Å². The van der Waals surface area contributed by atoms with E-state index in [1.807, 2.05) is 4.98 Å². The zero-order valence-corrected chi connectivity index (χ0v) is 19.0. The molecule has 33 heavy (non-hydrogen) atoms. The van der Waals surface area contributed by atoms with Crippen LogP contribution in [0.2, 0.25) is 0 Å². The molecule has 0 amide bonds. The van der Waals surface area contributed by atoms with Gasteiger partial charge < -0.3 is 36.1 Å². The quantitative estimate of drug-likeness (QED) is 0.114. The van der Waals surface area contributed by atoms with Crippen LogP contribution in [0, 0.1) is 6.92 Å². The molecule has 2 heterocycles. The highest BCUT2D eigenvalue weighted by atomic mass is 31.3. The molecule has 1 aromatic rings. The van der Waals surface area contributed by atoms with Gasteiger partial charge in [0.2, 0.25) is 0 Å². The number of aryl methyl sites for hydroxylation is 1. The zero-order valence-electron chi connectivity index (χ0n) is 16.3. The SMILES string of the molecule is [B-][P@](=O)(OC[C@H]1O[C@@H](n2cc(C)c(=O)[nH]c2=O)C[C@@H]1N=[N+]=[N-])OP(=O)(O)C(F)(F)P(=O)(O)O. The zero-order chi connectivity index (χ0) is 25.4. The third kappa shape index (κ3) is 6.08. The smallest absolute Gasteiger partial charge is 0.443 e. The van der Waals surface area contributed by atoms with E-state index in [0.717, 1.165) is 10.8 Å². The van der Waals surface area contributed by atoms with Crippen molar-refractivity contribution in [1.29, 1.82) is 0 Å². The number of nitrogens with zero attached hydrogens (tertiary/aromatic N) is 4. The van der Waals surface area contributed by atoms with Crippen molar-refractivity contribution in [3.63, 3.8) is 0 Å². The number of halogens is 2. The highest BCUT2D eigenvalue weighted by Crippen LogP contribution is 2.77. The van der Waals surface area contributed by atoms with Crippen LogP contribution in [0.1, 0.15) is 18.2 Å². The average Bonchev–Trinajstić information content (AvgIpc) is 3.04. The number of H-pyrrole nitrogens is 1. The van der Waals surface area contributed by atoms with Crippen LogP contribution in [-0.2, 0) is 27.3 Å². The Balaban J connectivity index is 2.19. The van der Waals surface area contributed by atoms with Gasteiger partial charge in [0.15, 0.2) is 0 Å². The summed E-state index contributed by atoms with van der Waals surface area (Å²) in [6, 6.07) is -1.11. The van der Waals surface area contributed by atoms with Crippen LogP contribution in [0.3, 0.4) is 0 Å². The highest BCUT2D eigenvalue weighted by Gasteiger charge is 2.65. The Morgan fingerprint density at radius 1 is 1.39 bits per heavy atom. The molecular weight excluding hydrogens is 520 g/mol. The molecule has 1 unspecified atom stereocenters. The van der Waals surface area contributed by atoms with E-state index >= 15 is 0 Å². The lowest BCUT2D eigenvalue weighted by molar-refractivity contribution is -0.0232. The largest absolute Gasteiger partial charge is 0.444 e. The molecule has 1 aliphatic rings. The minimum Gasteiger partial charge on any atom is -0.443 e. The number of aromatic nitrogens is 2. The number of azide groups is 1. The fraction of sp³-hybridized carbons (Fsp3) is 0.636. The Morgan fingerprint density at radius 2 is 2.00 bits per heavy atom. The number of rotatable bonds is 9. The lowest BCUT2D eigenvalue weighted by Crippen LogP contribution is -2.33. The Kier molecular flexibility index (Phi) is 7.99. The molecule has 22 heteroatoms. The lowest BCUT2D eigenvalue weighted by Gasteiger charge is -2.32. The minimum atomic E-state index is -6.62. The predicted octanol–water partition coefficient (Wildman–Crippen LogP) is 1.03. The summed E-state index contributed by atoms with van der Waals surface area (Å²) < 4.78 is 76.0. The Hall–Kier alpha value is -1.64. The molecule has 16 nitrogen and oxygen atoms in total. The van der Waals surface area contributed by atoms with Crippen molar-refractivity contribution in [3.8, 4) is 0 Å². The molecule has 1 aliphatic heterocycles. The second-order valence-corrected chi connectivity index (χ2v) is 12.2. The molecule has 5 atom stereocenters. The van der Waals surface area contributed by atoms with Crippen LogP contribution >= 0.6 is 22.7 Å². The van der Waals surface area contributed by atoms with Crippen LogP contribution in [0.4, 0.5) is 8.78 Å². The Bertz CT molecular complexity index is 1230. The summed E-state index contributed by atoms with van der Waals surface area (Å²) in [6.07, 6.45) is -1.51. The van der Waals surface area contributed by atoms with E-state index in [1.165, 1.54) is 6.92 Å². The standard InChI is InChI=1S/C11H15BF2N5O11P3/c1-5-3-19(10(21)16-9(5)20)8-2-6(17-18-15)7(29-8)4-28-33(12,27)30-32(25,26)11(13,14)31(22,23)24/h3,6-8H,2,4H2,1H3,(H,25,26)(H,16,20,21)(H2,22,23,24)/q-1/t6-,7+,8+,33-/m0/s1. The van der Waals surface area contributed by atoms with Gasteiger partial charge in [0.25, 0.3) is 5.56 Å². The van der Waals surface area contributed by atoms with Crippen molar-refractivity contribution < 1.29 is 50.7 Å². The Labute approximate surface area is 183 Å². The van der Waals surface area contributed by atoms with Crippen LogP contribution in [0.25, 0.3) is 10.4 Å². The van der Waals surface area contributed by atoms with Gasteiger partial charge >= 0.3 is 26.3 Å². The molecule has 0 aliphatic carbocycles. The van der Waals surface area contributed by atoms with E-state index in [9.17, 15) is 37.0 Å². The van der Waals surface area contributed by atoms with Crippen LogP contribution in [0.15, 0.2) is 20.9 Å². The summed E-state index contributed by atoms with van der Waals surface area (Å²) in [7, 11) is -13.5. The Morgan fingerprint density at radius 3 is 2.55 bits per heavy atom. The summed E-state index contributed by atoms with van der Waals surface area (Å²) in [4.78, 5) is 54.3. The first-order chi connectivity index (χ1) is 14.9. The van der Waals surface area contributed by atoms with Gasteiger partial charge in [-0.05, 0) is 12.5 Å². The van der Waals surface area contributed by atoms with Crippen LogP contribution < -0.4 is 11.2 Å². The molecule has 0 bridgehead atoms. The molecule has 0 spiro atoms. The summed E-state index contributed by atoms with van der Waals surface area (Å²) in [5.41, 5.74) is 7.28. The molecule has 183 valence electrons. The van der Waals surface area contributed by atoms with Gasteiger partial charge in [-0.3, -0.25) is 27.8 Å². The van der Waals surface area contributed by atoms with Gasteiger partial charge in [-0.15, -0.1) is 0 Å². The summed E-state index contributed by atoms with van der Waals surface area (Å²) in [5, 5.41) is -2.26.